The number of ether oxygens (including phenoxy) is 1. The molecule has 0 amide bonds. The number of unbranched alkanes of at least 4 members (excludes halogenated alkanes) is 10. The van der Waals surface area contributed by atoms with E-state index in [0.717, 1.165) is 42.5 Å². The number of aromatic nitrogens is 2. The van der Waals surface area contributed by atoms with Crippen molar-refractivity contribution in [2.45, 2.75) is 117 Å². The van der Waals surface area contributed by atoms with Gasteiger partial charge in [-0.2, -0.15) is 11.8 Å². The van der Waals surface area contributed by atoms with Crippen molar-refractivity contribution >= 4 is 11.8 Å². The maximum absolute atomic E-state index is 5.95. The van der Waals surface area contributed by atoms with E-state index in [1.807, 2.05) is 24.5 Å². The Balaban J connectivity index is 1.54. The molecule has 0 aliphatic carbocycles. The lowest BCUT2D eigenvalue weighted by molar-refractivity contribution is 0.305. The van der Waals surface area contributed by atoms with Crippen molar-refractivity contribution in [3.8, 4) is 17.1 Å². The van der Waals surface area contributed by atoms with Gasteiger partial charge in [0.25, 0.3) is 0 Å². The second kappa shape index (κ2) is 20.5. The standard InChI is InChI=1S/C32H52N2OS/c1-4-6-7-8-9-10-11-14-17-29-26-33-32(34-27-29)30-18-20-31(21-19-30)35-23-15-12-13-16-24-36-25-22-28(3)5-2/h18-21,26-28H,4-17,22-25H2,1-3H3. The summed E-state index contributed by atoms with van der Waals surface area (Å²) in [5, 5.41) is 0. The minimum Gasteiger partial charge on any atom is -0.494 e. The molecule has 1 aromatic heterocycles. The molecule has 3 nitrogen and oxygen atoms in total. The van der Waals surface area contributed by atoms with Gasteiger partial charge in [-0.3, -0.25) is 0 Å². The Kier molecular flexibility index (Phi) is 17.5. The lowest BCUT2D eigenvalue weighted by atomic mass is 10.1. The summed E-state index contributed by atoms with van der Waals surface area (Å²) in [7, 11) is 0. The van der Waals surface area contributed by atoms with Crippen LogP contribution in [0.15, 0.2) is 36.7 Å². The quantitative estimate of drug-likeness (QED) is 0.147. The van der Waals surface area contributed by atoms with E-state index in [1.54, 1.807) is 0 Å². The van der Waals surface area contributed by atoms with Crippen LogP contribution >= 0.6 is 11.8 Å². The molecular weight excluding hydrogens is 460 g/mol. The predicted molar refractivity (Wildman–Crippen MR) is 159 cm³/mol. The van der Waals surface area contributed by atoms with E-state index in [1.165, 1.54) is 101 Å². The number of hydrogen-bond acceptors (Lipinski definition) is 4. The zero-order valence-corrected chi connectivity index (χ0v) is 24.3. The highest BCUT2D eigenvalue weighted by molar-refractivity contribution is 7.99. The van der Waals surface area contributed by atoms with Gasteiger partial charge in [0.15, 0.2) is 5.82 Å². The highest BCUT2D eigenvalue weighted by Gasteiger charge is 2.04. The number of benzene rings is 1. The normalized spacial score (nSPS) is 12.1. The van der Waals surface area contributed by atoms with Crippen molar-refractivity contribution in [3.05, 3.63) is 42.2 Å². The highest BCUT2D eigenvalue weighted by Crippen LogP contribution is 2.20. The predicted octanol–water partition coefficient (Wildman–Crippen LogP) is 9.94. The van der Waals surface area contributed by atoms with E-state index < -0.39 is 0 Å². The van der Waals surface area contributed by atoms with E-state index in [4.69, 9.17) is 4.74 Å². The van der Waals surface area contributed by atoms with E-state index in [9.17, 15) is 0 Å². The van der Waals surface area contributed by atoms with Crippen molar-refractivity contribution in [1.82, 2.24) is 9.97 Å². The van der Waals surface area contributed by atoms with Crippen LogP contribution < -0.4 is 4.74 Å². The zero-order valence-electron chi connectivity index (χ0n) is 23.5. The molecule has 0 saturated carbocycles. The molecule has 202 valence electrons. The van der Waals surface area contributed by atoms with Gasteiger partial charge < -0.3 is 4.74 Å². The average Bonchev–Trinajstić information content (AvgIpc) is 2.91. The molecule has 1 heterocycles. The molecule has 0 aliphatic rings. The first-order valence-electron chi connectivity index (χ1n) is 14.8. The fraction of sp³-hybridized carbons (Fsp3) is 0.688. The van der Waals surface area contributed by atoms with Crippen LogP contribution in [0.4, 0.5) is 0 Å². The number of nitrogens with zero attached hydrogens (tertiary/aromatic N) is 2. The molecule has 0 N–H and O–H groups in total. The molecule has 0 fully saturated rings. The van der Waals surface area contributed by atoms with E-state index in [-0.39, 0.29) is 0 Å². The van der Waals surface area contributed by atoms with Gasteiger partial charge in [0, 0.05) is 18.0 Å². The largest absolute Gasteiger partial charge is 0.494 e. The monoisotopic (exact) mass is 512 g/mol. The molecule has 1 unspecified atom stereocenters. The fourth-order valence-electron chi connectivity index (χ4n) is 4.24. The molecule has 0 radical (unpaired) electrons. The third-order valence-electron chi connectivity index (χ3n) is 7.04. The Morgan fingerprint density at radius 2 is 1.39 bits per heavy atom. The molecule has 2 rings (SSSR count). The Bertz CT molecular complexity index is 763. The van der Waals surface area contributed by atoms with Crippen LogP contribution in [-0.2, 0) is 6.42 Å². The van der Waals surface area contributed by atoms with Crippen LogP contribution in [0, 0.1) is 5.92 Å². The van der Waals surface area contributed by atoms with Crippen LogP contribution in [0.2, 0.25) is 0 Å². The molecule has 0 spiro atoms. The van der Waals surface area contributed by atoms with Crippen LogP contribution in [0.5, 0.6) is 5.75 Å². The van der Waals surface area contributed by atoms with Crippen molar-refractivity contribution in [2.75, 3.05) is 18.1 Å². The SMILES string of the molecule is CCCCCCCCCCc1cnc(-c2ccc(OCCCCCCSCCC(C)CC)cc2)nc1. The van der Waals surface area contributed by atoms with Crippen molar-refractivity contribution in [1.29, 1.82) is 0 Å². The molecule has 0 saturated heterocycles. The molecule has 1 aromatic carbocycles. The Labute approximate surface area is 226 Å². The Morgan fingerprint density at radius 1 is 0.750 bits per heavy atom. The molecule has 1 atom stereocenters. The average molecular weight is 513 g/mol. The minimum absolute atomic E-state index is 0.795. The number of thioether (sulfide) groups is 1. The first-order valence-corrected chi connectivity index (χ1v) is 16.0. The molecule has 0 bridgehead atoms. The summed E-state index contributed by atoms with van der Waals surface area (Å²) >= 11 is 2.12. The van der Waals surface area contributed by atoms with Gasteiger partial charge in [-0.05, 0) is 79.4 Å². The minimum atomic E-state index is 0.795. The van der Waals surface area contributed by atoms with Gasteiger partial charge in [-0.1, -0.05) is 85.0 Å². The number of rotatable bonds is 22. The smallest absolute Gasteiger partial charge is 0.159 e. The molecular formula is C32H52N2OS. The van der Waals surface area contributed by atoms with Crippen LogP contribution in [0.3, 0.4) is 0 Å². The summed E-state index contributed by atoms with van der Waals surface area (Å²) < 4.78 is 5.95. The molecule has 36 heavy (non-hydrogen) atoms. The first-order chi connectivity index (χ1) is 17.7. The summed E-state index contributed by atoms with van der Waals surface area (Å²) in [5.74, 6) is 5.24. The third kappa shape index (κ3) is 14.3. The Morgan fingerprint density at radius 3 is 2.08 bits per heavy atom. The lowest BCUT2D eigenvalue weighted by Gasteiger charge is -2.08. The van der Waals surface area contributed by atoms with Gasteiger partial charge in [0.05, 0.1) is 6.61 Å². The summed E-state index contributed by atoms with van der Waals surface area (Å²) in [6.45, 7) is 7.72. The van der Waals surface area contributed by atoms with Gasteiger partial charge in [0.1, 0.15) is 5.75 Å². The van der Waals surface area contributed by atoms with Crippen LogP contribution in [-0.4, -0.2) is 28.1 Å². The second-order valence-corrected chi connectivity index (χ2v) is 11.6. The van der Waals surface area contributed by atoms with Gasteiger partial charge in [-0.25, -0.2) is 9.97 Å². The zero-order chi connectivity index (χ0) is 25.7. The summed E-state index contributed by atoms with van der Waals surface area (Å²) in [4.78, 5) is 9.22. The lowest BCUT2D eigenvalue weighted by Crippen LogP contribution is -1.98. The van der Waals surface area contributed by atoms with Crippen molar-refractivity contribution < 1.29 is 4.74 Å². The van der Waals surface area contributed by atoms with Crippen LogP contribution in [0.25, 0.3) is 11.4 Å². The Hall–Kier alpha value is -1.55. The molecule has 0 aliphatic heterocycles. The highest BCUT2D eigenvalue weighted by atomic mass is 32.2. The van der Waals surface area contributed by atoms with Gasteiger partial charge in [-0.15, -0.1) is 0 Å². The number of hydrogen-bond donors (Lipinski definition) is 0. The fourth-order valence-corrected chi connectivity index (χ4v) is 5.42. The summed E-state index contributed by atoms with van der Waals surface area (Å²) in [6, 6.07) is 8.22. The molecule has 4 heteroatoms. The topological polar surface area (TPSA) is 35.0 Å². The van der Waals surface area contributed by atoms with Crippen molar-refractivity contribution in [2.24, 2.45) is 5.92 Å². The van der Waals surface area contributed by atoms with E-state index in [0.29, 0.717) is 0 Å². The van der Waals surface area contributed by atoms with E-state index >= 15 is 0 Å². The maximum Gasteiger partial charge on any atom is 0.159 e. The first kappa shape index (κ1) is 30.7. The maximum atomic E-state index is 5.95. The van der Waals surface area contributed by atoms with Crippen molar-refractivity contribution in [3.63, 3.8) is 0 Å². The van der Waals surface area contributed by atoms with Crippen LogP contribution in [0.1, 0.15) is 116 Å². The van der Waals surface area contributed by atoms with E-state index in [2.05, 4.69) is 54.6 Å². The van der Waals surface area contributed by atoms with Gasteiger partial charge >= 0.3 is 0 Å². The van der Waals surface area contributed by atoms with Gasteiger partial charge in [0.2, 0.25) is 0 Å². The summed E-state index contributed by atoms with van der Waals surface area (Å²) in [6.07, 6.45) is 23.6. The molecule has 2 aromatic rings. The number of aryl methyl sites for hydroxylation is 1. The second-order valence-electron chi connectivity index (χ2n) is 10.3. The third-order valence-corrected chi connectivity index (χ3v) is 8.14. The summed E-state index contributed by atoms with van der Waals surface area (Å²) in [5.41, 5.74) is 2.29.